The monoisotopic (exact) mass is 192 g/mol. The Morgan fingerprint density at radius 2 is 1.92 bits per heavy atom. The molecule has 0 radical (unpaired) electrons. The van der Waals surface area contributed by atoms with Gasteiger partial charge in [0, 0.05) is 6.66 Å². The van der Waals surface area contributed by atoms with Crippen molar-refractivity contribution in [1.29, 1.82) is 0 Å². The first kappa shape index (κ1) is 12.2. The molecule has 1 atom stereocenters. The molecule has 0 aliphatic heterocycles. The summed E-state index contributed by atoms with van der Waals surface area (Å²) in [4.78, 5) is 0. The van der Waals surface area contributed by atoms with E-state index in [1.807, 2.05) is 0 Å². The fourth-order valence-corrected chi connectivity index (χ4v) is 1.48. The zero-order chi connectivity index (χ0) is 9.40. The zero-order valence-electron chi connectivity index (χ0n) is 8.43. The maximum atomic E-state index is 10.5. The molecule has 0 aliphatic rings. The summed E-state index contributed by atoms with van der Waals surface area (Å²) < 4.78 is 15.5. The van der Waals surface area contributed by atoms with Gasteiger partial charge in [0.05, 0.1) is 6.61 Å². The first-order valence-electron chi connectivity index (χ1n) is 4.76. The Balaban J connectivity index is 2.96. The first-order valence-corrected chi connectivity index (χ1v) is 6.58. The van der Waals surface area contributed by atoms with Crippen LogP contribution in [0.2, 0.25) is 0 Å². The maximum absolute atomic E-state index is 10.5. The van der Waals surface area contributed by atoms with E-state index < -0.39 is 8.03 Å². The van der Waals surface area contributed by atoms with Gasteiger partial charge in [0.2, 0.25) is 0 Å². The normalized spacial score (nSPS) is 13.7. The van der Waals surface area contributed by atoms with Gasteiger partial charge >= 0.3 is 0 Å². The number of rotatable bonds is 7. The van der Waals surface area contributed by atoms with Gasteiger partial charge in [0.25, 0.3) is 0 Å². The quantitative estimate of drug-likeness (QED) is 0.457. The molecule has 2 nitrogen and oxygen atoms in total. The number of hydrogen-bond acceptors (Lipinski definition) is 2. The standard InChI is InChI=1S/C9H21O2P/c1-9(2)7-5-4-6-8-11-12(3)10/h9,12H,4-8H2,1-3H3. The van der Waals surface area contributed by atoms with E-state index in [1.54, 1.807) is 6.66 Å². The molecule has 0 N–H and O–H groups in total. The fraction of sp³-hybridized carbons (Fsp3) is 1.00. The van der Waals surface area contributed by atoms with Crippen LogP contribution in [0, 0.1) is 5.92 Å². The SMILES string of the molecule is CC(C)CCCCCO[PH](C)=O. The predicted octanol–water partition coefficient (Wildman–Crippen LogP) is 3.32. The summed E-state index contributed by atoms with van der Waals surface area (Å²) in [5.41, 5.74) is 0. The second-order valence-electron chi connectivity index (χ2n) is 3.58. The van der Waals surface area contributed by atoms with Crippen LogP contribution in [-0.2, 0) is 9.09 Å². The van der Waals surface area contributed by atoms with E-state index in [2.05, 4.69) is 13.8 Å². The van der Waals surface area contributed by atoms with Gasteiger partial charge < -0.3 is 4.52 Å². The van der Waals surface area contributed by atoms with Crippen molar-refractivity contribution in [3.8, 4) is 0 Å². The summed E-state index contributed by atoms with van der Waals surface area (Å²) >= 11 is 0. The van der Waals surface area contributed by atoms with E-state index in [4.69, 9.17) is 4.52 Å². The molecule has 0 aromatic carbocycles. The lowest BCUT2D eigenvalue weighted by molar-refractivity contribution is 0.317. The van der Waals surface area contributed by atoms with E-state index >= 15 is 0 Å². The Morgan fingerprint density at radius 1 is 1.25 bits per heavy atom. The Morgan fingerprint density at radius 3 is 2.42 bits per heavy atom. The van der Waals surface area contributed by atoms with E-state index in [0.29, 0.717) is 6.61 Å². The minimum atomic E-state index is -1.69. The number of hydrogen-bond donors (Lipinski definition) is 0. The van der Waals surface area contributed by atoms with Gasteiger partial charge in [-0.3, -0.25) is 4.57 Å². The maximum Gasteiger partial charge on any atom is 0.188 e. The van der Waals surface area contributed by atoms with E-state index in [0.717, 1.165) is 12.3 Å². The largest absolute Gasteiger partial charge is 0.331 e. The molecule has 3 heteroatoms. The van der Waals surface area contributed by atoms with Crippen molar-refractivity contribution >= 4 is 8.03 Å². The van der Waals surface area contributed by atoms with Crippen LogP contribution in [0.4, 0.5) is 0 Å². The average Bonchev–Trinajstić information content (AvgIpc) is 1.95. The van der Waals surface area contributed by atoms with E-state index in [9.17, 15) is 4.57 Å². The highest BCUT2D eigenvalue weighted by molar-refractivity contribution is 7.38. The molecule has 0 aromatic rings. The Labute approximate surface area is 76.6 Å². The molecule has 0 fully saturated rings. The average molecular weight is 192 g/mol. The van der Waals surface area contributed by atoms with Crippen molar-refractivity contribution in [3.05, 3.63) is 0 Å². The molecule has 12 heavy (non-hydrogen) atoms. The third kappa shape index (κ3) is 10.2. The van der Waals surface area contributed by atoms with Gasteiger partial charge in [-0.05, 0) is 12.3 Å². The summed E-state index contributed by atoms with van der Waals surface area (Å²) in [6.07, 6.45) is 4.82. The van der Waals surface area contributed by atoms with Gasteiger partial charge in [-0.1, -0.05) is 33.1 Å². The summed E-state index contributed by atoms with van der Waals surface area (Å²) in [7, 11) is -1.69. The van der Waals surface area contributed by atoms with Crippen molar-refractivity contribution in [3.63, 3.8) is 0 Å². The molecule has 0 bridgehead atoms. The Kier molecular flexibility index (Phi) is 7.94. The molecule has 0 amide bonds. The highest BCUT2D eigenvalue weighted by atomic mass is 31.1. The predicted molar refractivity (Wildman–Crippen MR) is 54.2 cm³/mol. The Bertz CT molecular complexity index is 124. The van der Waals surface area contributed by atoms with Crippen molar-refractivity contribution in [2.45, 2.75) is 39.5 Å². The second-order valence-corrected chi connectivity index (χ2v) is 4.86. The molecule has 0 spiro atoms. The van der Waals surface area contributed by atoms with Crippen LogP contribution in [0.15, 0.2) is 0 Å². The van der Waals surface area contributed by atoms with Gasteiger partial charge in [0.15, 0.2) is 8.03 Å². The fourth-order valence-electron chi connectivity index (χ4n) is 1.05. The molecule has 0 heterocycles. The van der Waals surface area contributed by atoms with Crippen LogP contribution >= 0.6 is 8.03 Å². The van der Waals surface area contributed by atoms with Gasteiger partial charge in [0.1, 0.15) is 0 Å². The molecule has 0 aliphatic carbocycles. The minimum absolute atomic E-state index is 0.673. The lowest BCUT2D eigenvalue weighted by Crippen LogP contribution is -1.90. The summed E-state index contributed by atoms with van der Waals surface area (Å²) in [6, 6.07) is 0. The van der Waals surface area contributed by atoms with Crippen LogP contribution in [0.25, 0.3) is 0 Å². The first-order chi connectivity index (χ1) is 5.63. The molecule has 1 unspecified atom stereocenters. The number of unbranched alkanes of at least 4 members (excludes halogenated alkanes) is 2. The van der Waals surface area contributed by atoms with Crippen molar-refractivity contribution in [1.82, 2.24) is 0 Å². The highest BCUT2D eigenvalue weighted by Gasteiger charge is 1.94. The molecule has 74 valence electrons. The van der Waals surface area contributed by atoms with Gasteiger partial charge in [-0.25, -0.2) is 0 Å². The summed E-state index contributed by atoms with van der Waals surface area (Å²) in [6.45, 7) is 6.79. The van der Waals surface area contributed by atoms with Crippen LogP contribution in [0.3, 0.4) is 0 Å². The smallest absolute Gasteiger partial charge is 0.188 e. The van der Waals surface area contributed by atoms with E-state index in [-0.39, 0.29) is 0 Å². The molecular formula is C9H21O2P. The molecule has 0 saturated heterocycles. The lowest BCUT2D eigenvalue weighted by Gasteiger charge is -2.03. The molecule has 0 saturated carbocycles. The lowest BCUT2D eigenvalue weighted by atomic mass is 10.1. The van der Waals surface area contributed by atoms with Crippen LogP contribution in [0.5, 0.6) is 0 Å². The Hall–Kier alpha value is 0.190. The van der Waals surface area contributed by atoms with Crippen LogP contribution < -0.4 is 0 Å². The topological polar surface area (TPSA) is 26.3 Å². The van der Waals surface area contributed by atoms with E-state index in [1.165, 1.54) is 19.3 Å². The highest BCUT2D eigenvalue weighted by Crippen LogP contribution is 2.16. The van der Waals surface area contributed by atoms with Crippen molar-refractivity contribution in [2.24, 2.45) is 5.92 Å². The minimum Gasteiger partial charge on any atom is -0.331 e. The third-order valence-corrected chi connectivity index (χ3v) is 2.34. The zero-order valence-corrected chi connectivity index (χ0v) is 9.43. The molecule has 0 rings (SSSR count). The third-order valence-electron chi connectivity index (χ3n) is 1.73. The summed E-state index contributed by atoms with van der Waals surface area (Å²) in [5, 5.41) is 0. The van der Waals surface area contributed by atoms with Crippen molar-refractivity contribution < 1.29 is 9.09 Å². The second kappa shape index (κ2) is 7.82. The van der Waals surface area contributed by atoms with Crippen LogP contribution in [-0.4, -0.2) is 13.3 Å². The van der Waals surface area contributed by atoms with Gasteiger partial charge in [-0.15, -0.1) is 0 Å². The van der Waals surface area contributed by atoms with Gasteiger partial charge in [-0.2, -0.15) is 0 Å². The summed E-state index contributed by atoms with van der Waals surface area (Å²) in [5.74, 6) is 0.802. The molecular weight excluding hydrogens is 171 g/mol. The van der Waals surface area contributed by atoms with Crippen LogP contribution in [0.1, 0.15) is 39.5 Å². The molecule has 0 aromatic heterocycles. The van der Waals surface area contributed by atoms with Crippen molar-refractivity contribution in [2.75, 3.05) is 13.3 Å².